The van der Waals surface area contributed by atoms with Crippen LogP contribution in [0.2, 0.25) is 0 Å². The van der Waals surface area contributed by atoms with E-state index in [1.807, 2.05) is 0 Å². The van der Waals surface area contributed by atoms with Crippen molar-refractivity contribution < 1.29 is 23.8 Å². The Bertz CT molecular complexity index is 448. The van der Waals surface area contributed by atoms with E-state index in [0.717, 1.165) is 13.2 Å². The van der Waals surface area contributed by atoms with Crippen LogP contribution in [0, 0.1) is 5.82 Å². The van der Waals surface area contributed by atoms with Gasteiger partial charge in [0.2, 0.25) is 5.91 Å². The molecule has 0 saturated carbocycles. The fourth-order valence-corrected chi connectivity index (χ4v) is 1.33. The van der Waals surface area contributed by atoms with Gasteiger partial charge in [-0.05, 0) is 24.6 Å². The number of ether oxygens (including phenoxy) is 1. The van der Waals surface area contributed by atoms with Crippen molar-refractivity contribution in [2.45, 2.75) is 12.8 Å². The maximum atomic E-state index is 13.3. The molecule has 1 aromatic carbocycles. The van der Waals surface area contributed by atoms with Crippen LogP contribution in [-0.4, -0.2) is 30.7 Å². The third kappa shape index (κ3) is 3.81. The van der Waals surface area contributed by atoms with Crippen molar-refractivity contribution in [1.82, 2.24) is 0 Å². The summed E-state index contributed by atoms with van der Waals surface area (Å²) < 4.78 is 17.7. The van der Waals surface area contributed by atoms with Crippen LogP contribution in [0.15, 0.2) is 18.2 Å². The molecule has 1 amide bonds. The van der Waals surface area contributed by atoms with E-state index < -0.39 is 11.8 Å². The lowest BCUT2D eigenvalue weighted by Crippen LogP contribution is -2.13. The average Bonchev–Trinajstić information content (AvgIpc) is 2.37. The molecule has 98 valence electrons. The number of benzene rings is 1. The molecule has 0 atom stereocenters. The average molecular weight is 255 g/mol. The molecule has 6 heteroatoms. The third-order valence-electron chi connectivity index (χ3n) is 2.22. The maximum Gasteiger partial charge on any atom is 0.340 e. The molecule has 0 radical (unpaired) electrons. The van der Waals surface area contributed by atoms with E-state index in [-0.39, 0.29) is 24.5 Å². The summed E-state index contributed by atoms with van der Waals surface area (Å²) in [7, 11) is 1.15. The molecule has 1 aromatic rings. The molecule has 0 aliphatic heterocycles. The molecule has 18 heavy (non-hydrogen) atoms. The summed E-state index contributed by atoms with van der Waals surface area (Å²) >= 11 is 0. The highest BCUT2D eigenvalue weighted by Crippen LogP contribution is 2.16. The maximum absolute atomic E-state index is 13.3. The van der Waals surface area contributed by atoms with Gasteiger partial charge in [0.05, 0.1) is 12.7 Å². The van der Waals surface area contributed by atoms with Crippen molar-refractivity contribution in [3.05, 3.63) is 29.6 Å². The molecule has 5 nitrogen and oxygen atoms in total. The molecule has 0 aromatic heterocycles. The first-order valence-electron chi connectivity index (χ1n) is 5.37. The lowest BCUT2D eigenvalue weighted by molar-refractivity contribution is -0.116. The number of anilines is 1. The number of halogens is 1. The number of aliphatic hydroxyl groups excluding tert-OH is 1. The fourth-order valence-electron chi connectivity index (χ4n) is 1.33. The molecule has 0 aliphatic rings. The molecule has 0 heterocycles. The van der Waals surface area contributed by atoms with E-state index in [1.54, 1.807) is 0 Å². The van der Waals surface area contributed by atoms with Gasteiger partial charge in [-0.25, -0.2) is 9.18 Å². The third-order valence-corrected chi connectivity index (χ3v) is 2.22. The van der Waals surface area contributed by atoms with Crippen molar-refractivity contribution >= 4 is 17.6 Å². The summed E-state index contributed by atoms with van der Waals surface area (Å²) in [5.74, 6) is -1.83. The lowest BCUT2D eigenvalue weighted by Gasteiger charge is -2.07. The second-order valence-electron chi connectivity index (χ2n) is 3.56. The number of methoxy groups -OCH3 is 1. The minimum absolute atomic E-state index is 0.0791. The molecular weight excluding hydrogens is 241 g/mol. The first kappa shape index (κ1) is 14.1. The number of aliphatic hydroxyl groups is 1. The van der Waals surface area contributed by atoms with Crippen LogP contribution in [-0.2, 0) is 9.53 Å². The minimum atomic E-state index is -0.807. The van der Waals surface area contributed by atoms with E-state index >= 15 is 0 Å². The Balaban J connectivity index is 2.79. The first-order chi connectivity index (χ1) is 8.58. The Morgan fingerprint density at radius 3 is 2.78 bits per heavy atom. The molecule has 1 rings (SSSR count). The Morgan fingerprint density at radius 1 is 1.44 bits per heavy atom. The van der Waals surface area contributed by atoms with Crippen LogP contribution in [0.4, 0.5) is 10.1 Å². The first-order valence-corrected chi connectivity index (χ1v) is 5.37. The molecule has 0 unspecified atom stereocenters. The number of esters is 1. The molecule has 0 bridgehead atoms. The number of amides is 1. The number of nitrogens with one attached hydrogen (secondary N) is 1. The molecule has 0 spiro atoms. The number of carbonyl (C=O) groups is 2. The Labute approximate surface area is 104 Å². The molecular formula is C12H14FNO4. The van der Waals surface area contributed by atoms with Gasteiger partial charge in [0.1, 0.15) is 5.82 Å². The highest BCUT2D eigenvalue weighted by molar-refractivity contribution is 5.94. The van der Waals surface area contributed by atoms with Crippen molar-refractivity contribution in [3.63, 3.8) is 0 Å². The second kappa shape index (κ2) is 6.70. The largest absolute Gasteiger partial charge is 0.465 e. The Kier molecular flexibility index (Phi) is 5.26. The highest BCUT2D eigenvalue weighted by Gasteiger charge is 2.13. The quantitative estimate of drug-likeness (QED) is 0.778. The smallest absolute Gasteiger partial charge is 0.340 e. The Hall–Kier alpha value is -1.95. The second-order valence-corrected chi connectivity index (χ2v) is 3.56. The van der Waals surface area contributed by atoms with Gasteiger partial charge in [-0.2, -0.15) is 0 Å². The topological polar surface area (TPSA) is 75.6 Å². The van der Waals surface area contributed by atoms with Gasteiger partial charge in [-0.3, -0.25) is 4.79 Å². The van der Waals surface area contributed by atoms with Gasteiger partial charge in [-0.15, -0.1) is 0 Å². The summed E-state index contributed by atoms with van der Waals surface area (Å²) in [6.45, 7) is -0.0791. The van der Waals surface area contributed by atoms with Gasteiger partial charge in [-0.1, -0.05) is 0 Å². The standard InChI is InChI=1S/C12H14FNO4/c1-18-12(17)9-7-8(4-5-10(9)13)14-11(16)3-2-6-15/h4-5,7,15H,2-3,6H2,1H3,(H,14,16). The van der Waals surface area contributed by atoms with E-state index in [0.29, 0.717) is 12.1 Å². The summed E-state index contributed by atoms with van der Waals surface area (Å²) in [5, 5.41) is 11.1. The molecule has 0 fully saturated rings. The van der Waals surface area contributed by atoms with Crippen LogP contribution in [0.25, 0.3) is 0 Å². The number of hydrogen-bond donors (Lipinski definition) is 2. The number of hydrogen-bond acceptors (Lipinski definition) is 4. The zero-order valence-electron chi connectivity index (χ0n) is 9.90. The van der Waals surface area contributed by atoms with E-state index in [9.17, 15) is 14.0 Å². The predicted octanol–water partition coefficient (Wildman–Crippen LogP) is 1.32. The van der Waals surface area contributed by atoms with E-state index in [4.69, 9.17) is 5.11 Å². The zero-order valence-corrected chi connectivity index (χ0v) is 9.90. The molecule has 0 aliphatic carbocycles. The van der Waals surface area contributed by atoms with Crippen molar-refractivity contribution in [3.8, 4) is 0 Å². The summed E-state index contributed by atoms with van der Waals surface area (Å²) in [6.07, 6.45) is 0.498. The van der Waals surface area contributed by atoms with Crippen molar-refractivity contribution in [2.24, 2.45) is 0 Å². The number of carbonyl (C=O) groups excluding carboxylic acids is 2. The highest BCUT2D eigenvalue weighted by atomic mass is 19.1. The Morgan fingerprint density at radius 2 is 2.17 bits per heavy atom. The molecule has 0 saturated heterocycles. The van der Waals surface area contributed by atoms with E-state index in [1.165, 1.54) is 12.1 Å². The van der Waals surface area contributed by atoms with Gasteiger partial charge in [0, 0.05) is 18.7 Å². The van der Waals surface area contributed by atoms with Crippen LogP contribution in [0.3, 0.4) is 0 Å². The van der Waals surface area contributed by atoms with Gasteiger partial charge in [0.15, 0.2) is 0 Å². The van der Waals surface area contributed by atoms with Crippen LogP contribution >= 0.6 is 0 Å². The van der Waals surface area contributed by atoms with Gasteiger partial charge >= 0.3 is 5.97 Å². The van der Waals surface area contributed by atoms with Gasteiger partial charge in [0.25, 0.3) is 0 Å². The summed E-state index contributed by atoms with van der Waals surface area (Å²) in [4.78, 5) is 22.6. The lowest BCUT2D eigenvalue weighted by atomic mass is 10.2. The number of rotatable bonds is 5. The van der Waals surface area contributed by atoms with Crippen molar-refractivity contribution in [1.29, 1.82) is 0 Å². The minimum Gasteiger partial charge on any atom is -0.465 e. The van der Waals surface area contributed by atoms with Crippen LogP contribution in [0.1, 0.15) is 23.2 Å². The summed E-state index contributed by atoms with van der Waals surface area (Å²) in [5.41, 5.74) is 0.0668. The van der Waals surface area contributed by atoms with Crippen LogP contribution < -0.4 is 5.32 Å². The SMILES string of the molecule is COC(=O)c1cc(NC(=O)CCCO)ccc1F. The predicted molar refractivity (Wildman–Crippen MR) is 62.7 cm³/mol. The van der Waals surface area contributed by atoms with Gasteiger partial charge < -0.3 is 15.2 Å². The fraction of sp³-hybridized carbons (Fsp3) is 0.333. The molecule has 2 N–H and O–H groups in total. The zero-order chi connectivity index (χ0) is 13.5. The van der Waals surface area contributed by atoms with Crippen molar-refractivity contribution in [2.75, 3.05) is 19.0 Å². The van der Waals surface area contributed by atoms with E-state index in [2.05, 4.69) is 10.1 Å². The monoisotopic (exact) mass is 255 g/mol. The van der Waals surface area contributed by atoms with Crippen LogP contribution in [0.5, 0.6) is 0 Å². The summed E-state index contributed by atoms with van der Waals surface area (Å²) in [6, 6.07) is 3.63. The normalized spacial score (nSPS) is 9.94.